The molecule has 0 bridgehead atoms. The van der Waals surface area contributed by atoms with Gasteiger partial charge in [-0.2, -0.15) is 0 Å². The zero-order chi connectivity index (χ0) is 12.0. The van der Waals surface area contributed by atoms with Crippen LogP contribution in [0.25, 0.3) is 0 Å². The van der Waals surface area contributed by atoms with E-state index in [0.717, 1.165) is 6.61 Å². The van der Waals surface area contributed by atoms with Gasteiger partial charge >= 0.3 is 0 Å². The summed E-state index contributed by atoms with van der Waals surface area (Å²) < 4.78 is 11.1. The smallest absolute Gasteiger partial charge is 0.0718 e. The van der Waals surface area contributed by atoms with Gasteiger partial charge in [-0.1, -0.05) is 30.3 Å². The van der Waals surface area contributed by atoms with E-state index >= 15 is 0 Å². The van der Waals surface area contributed by atoms with Crippen molar-refractivity contribution >= 4 is 12.4 Å². The van der Waals surface area contributed by atoms with Crippen LogP contribution in [0, 0.1) is 0 Å². The molecule has 4 heteroatoms. The second kappa shape index (κ2) is 7.74. The molecule has 0 unspecified atom stereocenters. The molecule has 0 aromatic heterocycles. The number of nitrogens with one attached hydrogen (secondary N) is 1. The summed E-state index contributed by atoms with van der Waals surface area (Å²) in [5.41, 5.74) is 1.49. The number of halogens is 1. The molecule has 18 heavy (non-hydrogen) atoms. The molecule has 0 spiro atoms. The van der Waals surface area contributed by atoms with Gasteiger partial charge in [-0.15, -0.1) is 12.4 Å². The van der Waals surface area contributed by atoms with Crippen molar-refractivity contribution in [2.75, 3.05) is 26.9 Å². The fourth-order valence-electron chi connectivity index (χ4n) is 1.77. The Morgan fingerprint density at radius 1 is 1.11 bits per heavy atom. The Labute approximate surface area is 115 Å². The summed E-state index contributed by atoms with van der Waals surface area (Å²) in [6, 6.07) is 10.2. The van der Waals surface area contributed by atoms with Crippen LogP contribution in [0.5, 0.6) is 0 Å². The Balaban J connectivity index is 0.00000162. The maximum absolute atomic E-state index is 5.60. The molecule has 1 aliphatic rings. The van der Waals surface area contributed by atoms with Gasteiger partial charge in [0.25, 0.3) is 0 Å². The lowest BCUT2D eigenvalue weighted by Crippen LogP contribution is -2.33. The molecule has 1 aromatic rings. The number of hydrogen-bond donors (Lipinski definition) is 1. The third-order valence-electron chi connectivity index (χ3n) is 3.25. The number of rotatable bonds is 8. The van der Waals surface area contributed by atoms with E-state index in [-0.39, 0.29) is 17.9 Å². The third-order valence-corrected chi connectivity index (χ3v) is 3.25. The SMILES string of the molecule is CNC1(COCCOCc2ccccc2)CC1.Cl. The fraction of sp³-hybridized carbons (Fsp3) is 0.571. The Morgan fingerprint density at radius 3 is 2.39 bits per heavy atom. The van der Waals surface area contributed by atoms with Crippen molar-refractivity contribution in [3.8, 4) is 0 Å². The molecule has 0 amide bonds. The molecule has 0 atom stereocenters. The summed E-state index contributed by atoms with van der Waals surface area (Å²) >= 11 is 0. The summed E-state index contributed by atoms with van der Waals surface area (Å²) in [4.78, 5) is 0. The van der Waals surface area contributed by atoms with Crippen molar-refractivity contribution in [1.29, 1.82) is 0 Å². The van der Waals surface area contributed by atoms with Crippen LogP contribution in [0.4, 0.5) is 0 Å². The minimum atomic E-state index is 0. The van der Waals surface area contributed by atoms with Crippen molar-refractivity contribution < 1.29 is 9.47 Å². The molecule has 1 N–H and O–H groups in total. The van der Waals surface area contributed by atoms with E-state index in [0.29, 0.717) is 19.8 Å². The zero-order valence-corrected chi connectivity index (χ0v) is 11.7. The van der Waals surface area contributed by atoms with Gasteiger partial charge in [-0.25, -0.2) is 0 Å². The van der Waals surface area contributed by atoms with E-state index < -0.39 is 0 Å². The van der Waals surface area contributed by atoms with Gasteiger partial charge < -0.3 is 14.8 Å². The van der Waals surface area contributed by atoms with Crippen LogP contribution in [0.15, 0.2) is 30.3 Å². The van der Waals surface area contributed by atoms with E-state index in [1.165, 1.54) is 18.4 Å². The number of hydrogen-bond acceptors (Lipinski definition) is 3. The fourth-order valence-corrected chi connectivity index (χ4v) is 1.77. The van der Waals surface area contributed by atoms with Gasteiger partial charge in [-0.3, -0.25) is 0 Å². The van der Waals surface area contributed by atoms with Gasteiger partial charge in [0.15, 0.2) is 0 Å². The van der Waals surface area contributed by atoms with E-state index in [2.05, 4.69) is 17.4 Å². The van der Waals surface area contributed by atoms with Crippen LogP contribution in [0.1, 0.15) is 18.4 Å². The predicted octanol–water partition coefficient (Wildman–Crippen LogP) is 2.39. The second-order valence-corrected chi connectivity index (χ2v) is 4.62. The predicted molar refractivity (Wildman–Crippen MR) is 75.2 cm³/mol. The first-order valence-corrected chi connectivity index (χ1v) is 6.23. The minimum Gasteiger partial charge on any atom is -0.377 e. The van der Waals surface area contributed by atoms with Crippen LogP contribution < -0.4 is 5.32 Å². The molecular formula is C14H22ClNO2. The first kappa shape index (κ1) is 15.4. The Hall–Kier alpha value is -0.610. The number of ether oxygens (including phenoxy) is 2. The second-order valence-electron chi connectivity index (χ2n) is 4.62. The van der Waals surface area contributed by atoms with Crippen LogP contribution in [-0.4, -0.2) is 32.4 Å². The van der Waals surface area contributed by atoms with Crippen LogP contribution >= 0.6 is 12.4 Å². The summed E-state index contributed by atoms with van der Waals surface area (Å²) in [6.45, 7) is 2.81. The summed E-state index contributed by atoms with van der Waals surface area (Å²) in [6.07, 6.45) is 2.46. The van der Waals surface area contributed by atoms with Crippen molar-refractivity contribution in [3.63, 3.8) is 0 Å². The van der Waals surface area contributed by atoms with Gasteiger partial charge in [0.1, 0.15) is 0 Å². The van der Waals surface area contributed by atoms with Gasteiger partial charge in [0.2, 0.25) is 0 Å². The topological polar surface area (TPSA) is 30.5 Å². The summed E-state index contributed by atoms with van der Waals surface area (Å²) in [7, 11) is 2.00. The highest BCUT2D eigenvalue weighted by Gasteiger charge is 2.41. The van der Waals surface area contributed by atoms with Crippen molar-refractivity contribution in [2.45, 2.75) is 25.0 Å². The van der Waals surface area contributed by atoms with Crippen molar-refractivity contribution in [3.05, 3.63) is 35.9 Å². The van der Waals surface area contributed by atoms with Gasteiger partial charge in [-0.05, 0) is 25.5 Å². The van der Waals surface area contributed by atoms with E-state index in [1.54, 1.807) is 0 Å². The van der Waals surface area contributed by atoms with Crippen LogP contribution in [-0.2, 0) is 16.1 Å². The average Bonchev–Trinajstić information content (AvgIpc) is 3.16. The first-order chi connectivity index (χ1) is 8.35. The lowest BCUT2D eigenvalue weighted by atomic mass is 10.2. The molecule has 1 aliphatic carbocycles. The molecule has 1 saturated carbocycles. The van der Waals surface area contributed by atoms with Crippen molar-refractivity contribution in [2.24, 2.45) is 0 Å². The largest absolute Gasteiger partial charge is 0.377 e. The Bertz CT molecular complexity index is 328. The molecule has 1 aromatic carbocycles. The molecule has 0 heterocycles. The van der Waals surface area contributed by atoms with Crippen LogP contribution in [0.3, 0.4) is 0 Å². The molecule has 1 fully saturated rings. The lowest BCUT2D eigenvalue weighted by Gasteiger charge is -2.14. The Morgan fingerprint density at radius 2 is 1.78 bits per heavy atom. The standard InChI is InChI=1S/C14H21NO2.ClH/c1-15-14(7-8-14)12-17-10-9-16-11-13-5-3-2-4-6-13;/h2-6,15H,7-12H2,1H3;1H. The summed E-state index contributed by atoms with van der Waals surface area (Å²) in [5, 5.41) is 3.30. The van der Waals surface area contributed by atoms with E-state index in [4.69, 9.17) is 9.47 Å². The van der Waals surface area contributed by atoms with Crippen LogP contribution in [0.2, 0.25) is 0 Å². The molecular weight excluding hydrogens is 250 g/mol. The number of benzene rings is 1. The van der Waals surface area contributed by atoms with E-state index in [9.17, 15) is 0 Å². The zero-order valence-electron chi connectivity index (χ0n) is 10.9. The highest BCUT2D eigenvalue weighted by molar-refractivity contribution is 5.85. The normalized spacial score (nSPS) is 16.1. The maximum atomic E-state index is 5.60. The highest BCUT2D eigenvalue weighted by Crippen LogP contribution is 2.34. The molecule has 3 nitrogen and oxygen atoms in total. The van der Waals surface area contributed by atoms with Gasteiger partial charge in [0.05, 0.1) is 26.4 Å². The average molecular weight is 272 g/mol. The molecule has 0 saturated heterocycles. The molecule has 0 aliphatic heterocycles. The van der Waals surface area contributed by atoms with Crippen molar-refractivity contribution in [1.82, 2.24) is 5.32 Å². The number of likely N-dealkylation sites (N-methyl/N-ethyl adjacent to an activating group) is 1. The molecule has 0 radical (unpaired) electrons. The quantitative estimate of drug-likeness (QED) is 0.737. The third kappa shape index (κ3) is 4.94. The maximum Gasteiger partial charge on any atom is 0.0718 e. The summed E-state index contributed by atoms with van der Waals surface area (Å²) in [5.74, 6) is 0. The van der Waals surface area contributed by atoms with E-state index in [1.807, 2.05) is 25.2 Å². The Kier molecular flexibility index (Phi) is 6.65. The minimum absolute atomic E-state index is 0. The molecule has 102 valence electrons. The lowest BCUT2D eigenvalue weighted by molar-refractivity contribution is 0.0305. The molecule has 2 rings (SSSR count). The van der Waals surface area contributed by atoms with Gasteiger partial charge in [0, 0.05) is 5.54 Å². The first-order valence-electron chi connectivity index (χ1n) is 6.23. The monoisotopic (exact) mass is 271 g/mol. The highest BCUT2D eigenvalue weighted by atomic mass is 35.5.